The van der Waals surface area contributed by atoms with Gasteiger partial charge in [-0.05, 0) is 94.0 Å². The Hall–Kier alpha value is -17.4. The summed E-state index contributed by atoms with van der Waals surface area (Å²) in [6.45, 7) is 4.60. The van der Waals surface area contributed by atoms with Gasteiger partial charge in [-0.1, -0.05) is 335 Å². The van der Waals surface area contributed by atoms with E-state index in [4.69, 9.17) is 58.1 Å². The van der Waals surface area contributed by atoms with Crippen molar-refractivity contribution in [1.29, 1.82) is 0 Å². The van der Waals surface area contributed by atoms with E-state index in [0.717, 1.165) is 170 Å². The molecule has 0 spiro atoms. The average molecular weight is 1660 g/mol. The van der Waals surface area contributed by atoms with Crippen LogP contribution < -0.4 is 0 Å². The first-order valence-electron chi connectivity index (χ1n) is 43.1. The third-order valence-electron chi connectivity index (χ3n) is 25.2. The van der Waals surface area contributed by atoms with Crippen LogP contribution in [0.15, 0.2) is 414 Å². The Morgan fingerprint density at radius 3 is 0.806 bits per heavy atom. The second-order valence-corrected chi connectivity index (χ2v) is 33.1. The van der Waals surface area contributed by atoms with E-state index in [9.17, 15) is 0 Å². The molecule has 0 atom stereocenters. The number of para-hydroxylation sites is 6. The Morgan fingerprint density at radius 1 is 0.178 bits per heavy atom. The number of hydrogen-bond acceptors (Lipinski definition) is 12. The van der Waals surface area contributed by atoms with Crippen LogP contribution in [0, 0.1) is 0 Å². The van der Waals surface area contributed by atoms with Gasteiger partial charge in [0.15, 0.2) is 34.9 Å². The molecule has 15 heteroatoms. The molecule has 26 aromatic rings. The van der Waals surface area contributed by atoms with Crippen LogP contribution in [-0.2, 0) is 5.41 Å². The highest BCUT2D eigenvalue weighted by molar-refractivity contribution is 6.20. The van der Waals surface area contributed by atoms with Gasteiger partial charge in [-0.3, -0.25) is 13.7 Å². The van der Waals surface area contributed by atoms with Crippen molar-refractivity contribution in [3.8, 4) is 108 Å². The van der Waals surface area contributed by atoms with E-state index in [1.165, 1.54) is 27.8 Å². The maximum Gasteiger partial charge on any atom is 0.238 e. The molecule has 1 aliphatic rings. The van der Waals surface area contributed by atoms with E-state index in [1.54, 1.807) is 0 Å². The minimum absolute atomic E-state index is 0.134. The molecule has 1 aliphatic carbocycles. The molecule has 0 amide bonds. The summed E-state index contributed by atoms with van der Waals surface area (Å²) in [6.07, 6.45) is 0. The quantitative estimate of drug-likeness (QED) is 0.127. The van der Waals surface area contributed by atoms with Gasteiger partial charge in [0.2, 0.25) is 17.8 Å². The largest absolute Gasteiger partial charge is 0.456 e. The fraction of sp³-hybridized carbons (Fsp3) is 0.0263. The van der Waals surface area contributed by atoms with Crippen molar-refractivity contribution in [2.75, 3.05) is 0 Å². The van der Waals surface area contributed by atoms with Crippen LogP contribution in [0.25, 0.3) is 240 Å². The van der Waals surface area contributed by atoms with Crippen molar-refractivity contribution >= 4 is 131 Å². The molecule has 0 unspecified atom stereocenters. The predicted octanol–water partition coefficient (Wildman–Crippen LogP) is 28.6. The molecule has 0 saturated carbocycles. The van der Waals surface area contributed by atoms with E-state index in [0.29, 0.717) is 52.8 Å². The number of furan rings is 3. The van der Waals surface area contributed by atoms with Gasteiger partial charge >= 0.3 is 0 Å². The molecular weight excluding hydrogens is 1590 g/mol. The molecule has 17 aromatic carbocycles. The lowest BCUT2D eigenvalue weighted by Crippen LogP contribution is -2.15. The van der Waals surface area contributed by atoms with Crippen LogP contribution >= 0.6 is 0 Å². The van der Waals surface area contributed by atoms with Gasteiger partial charge in [-0.25, -0.2) is 15.0 Å². The third-order valence-corrected chi connectivity index (χ3v) is 25.2. The van der Waals surface area contributed by atoms with Gasteiger partial charge in [0.25, 0.3) is 0 Å². The molecule has 0 saturated heterocycles. The second-order valence-electron chi connectivity index (χ2n) is 33.1. The van der Waals surface area contributed by atoms with Crippen LogP contribution in [-0.4, -0.2) is 58.6 Å². The smallest absolute Gasteiger partial charge is 0.238 e. The van der Waals surface area contributed by atoms with Crippen molar-refractivity contribution in [3.05, 3.63) is 412 Å². The van der Waals surface area contributed by atoms with Crippen LogP contribution in [0.2, 0.25) is 0 Å². The first-order chi connectivity index (χ1) is 63.7. The Morgan fingerprint density at radius 2 is 0.442 bits per heavy atom. The number of nitrogens with zero attached hydrogens (tertiary/aromatic N) is 12. The summed E-state index contributed by atoms with van der Waals surface area (Å²) in [4.78, 5) is 45.5. The standard InChI is InChI=1S/C42H28N4O.C39H24N4O.C33H20N4O/c1-42(2)33-17-9-6-14-27(33)28-21-20-26(22-34(28)42)40-43-39(25-12-4-3-5-13-25)44-41(45-40)46-35-18-10-7-15-29(35)31-23-32-30-16-8-11-19-37(30)47-38(32)24-36(31)46;1-3-11-25(12-4-1)26-19-21-28(22-20-26)38-40-37(27-13-5-2-6-14-27)41-39(42-38)43-33-17-9-7-15-29(33)31-23-32-30-16-8-10-18-35(30)44-36(32)24-34(31)43;1-3-11-21(12-4-1)31-34-32(22-13-5-2-6-14-22)36-33(35-31)37-27-17-9-7-15-23(27)25-19-26-24-16-8-10-18-29(24)38-30(26)20-28(25)37/h3-24H,1-2H3;1-24H;1-20H. The third kappa shape index (κ3) is 12.5. The van der Waals surface area contributed by atoms with Crippen LogP contribution in [0.3, 0.4) is 0 Å². The second kappa shape index (κ2) is 29.9. The minimum atomic E-state index is -0.134. The number of aromatic nitrogens is 12. The van der Waals surface area contributed by atoms with Gasteiger partial charge in [0, 0.05) is 122 Å². The van der Waals surface area contributed by atoms with E-state index in [1.807, 2.05) is 158 Å². The van der Waals surface area contributed by atoms with Gasteiger partial charge in [0.05, 0.1) is 33.1 Å². The highest BCUT2D eigenvalue weighted by atomic mass is 16.3. The van der Waals surface area contributed by atoms with Crippen molar-refractivity contribution in [3.63, 3.8) is 0 Å². The highest BCUT2D eigenvalue weighted by Crippen LogP contribution is 2.51. The lowest BCUT2D eigenvalue weighted by molar-refractivity contribution is 0.660. The monoisotopic (exact) mass is 1660 g/mol. The summed E-state index contributed by atoms with van der Waals surface area (Å²) < 4.78 is 25.3. The molecule has 0 radical (unpaired) electrons. The van der Waals surface area contributed by atoms with Gasteiger partial charge in [-0.2, -0.15) is 29.9 Å². The zero-order chi connectivity index (χ0) is 85.4. The zero-order valence-corrected chi connectivity index (χ0v) is 69.7. The Labute approximate surface area is 737 Å². The first kappa shape index (κ1) is 74.2. The SMILES string of the molecule is CC1(C)c2ccccc2-c2ccc(-c3nc(-c4ccccc4)nc(-n4c5ccccc5c5cc6c(cc54)oc4ccccc46)n3)cc21.c1ccc(-c2ccc(-c3nc(-c4ccccc4)nc(-n4c5ccccc5c5cc6c(cc54)oc4ccccc46)n3)cc2)cc1.c1ccc(-c2nc(-c3ccccc3)nc(-n3c4ccccc4c4cc5c(cc43)oc3ccccc35)n2)cc1. The molecule has 0 N–H and O–H groups in total. The molecule has 9 heterocycles. The summed E-state index contributed by atoms with van der Waals surface area (Å²) in [5.74, 6) is 5.46. The van der Waals surface area contributed by atoms with E-state index < -0.39 is 0 Å². The Balaban J connectivity index is 0.000000105. The normalized spacial score (nSPS) is 12.3. The van der Waals surface area contributed by atoms with Gasteiger partial charge in [0.1, 0.15) is 33.5 Å². The van der Waals surface area contributed by atoms with Crippen LogP contribution in [0.5, 0.6) is 0 Å². The lowest BCUT2D eigenvalue weighted by atomic mass is 9.82. The fourth-order valence-corrected chi connectivity index (χ4v) is 19.0. The zero-order valence-electron chi connectivity index (χ0n) is 69.7. The summed E-state index contributed by atoms with van der Waals surface area (Å²) in [7, 11) is 0. The first-order valence-corrected chi connectivity index (χ1v) is 43.1. The summed E-state index contributed by atoms with van der Waals surface area (Å²) >= 11 is 0. The topological polar surface area (TPSA) is 170 Å². The molecule has 129 heavy (non-hydrogen) atoms. The van der Waals surface area contributed by atoms with E-state index in [-0.39, 0.29) is 5.41 Å². The fourth-order valence-electron chi connectivity index (χ4n) is 19.0. The number of benzene rings is 17. The van der Waals surface area contributed by atoms with Crippen LogP contribution in [0.1, 0.15) is 25.0 Å². The van der Waals surface area contributed by atoms with Gasteiger partial charge < -0.3 is 13.3 Å². The highest BCUT2D eigenvalue weighted by Gasteiger charge is 2.36. The van der Waals surface area contributed by atoms with E-state index >= 15 is 0 Å². The summed E-state index contributed by atoms with van der Waals surface area (Å²) in [6, 6.07) is 137. The van der Waals surface area contributed by atoms with Crippen molar-refractivity contribution in [2.45, 2.75) is 19.3 Å². The lowest BCUT2D eigenvalue weighted by Gasteiger charge is -2.21. The molecule has 0 fully saturated rings. The molecular formula is C114H72N12O3. The molecule has 9 aromatic heterocycles. The number of fused-ring (bicyclic) bond motifs is 21. The number of hydrogen-bond donors (Lipinski definition) is 0. The molecule has 606 valence electrons. The molecule has 15 nitrogen and oxygen atoms in total. The van der Waals surface area contributed by atoms with Crippen LogP contribution in [0.4, 0.5) is 0 Å². The van der Waals surface area contributed by atoms with Crippen molar-refractivity contribution < 1.29 is 13.3 Å². The predicted molar refractivity (Wildman–Crippen MR) is 520 cm³/mol. The van der Waals surface area contributed by atoms with Crippen molar-refractivity contribution in [2.24, 2.45) is 0 Å². The summed E-state index contributed by atoms with van der Waals surface area (Å²) in [5, 5.41) is 13.4. The Bertz CT molecular complexity index is 8910. The molecule has 27 rings (SSSR count). The maximum absolute atomic E-state index is 6.36. The maximum atomic E-state index is 6.36. The average Bonchev–Trinajstić information content (AvgIpc) is 1.58. The number of rotatable bonds is 10. The van der Waals surface area contributed by atoms with Crippen molar-refractivity contribution in [1.82, 2.24) is 58.6 Å². The van der Waals surface area contributed by atoms with E-state index in [2.05, 4.69) is 270 Å². The summed E-state index contributed by atoms with van der Waals surface area (Å²) in [5.41, 5.74) is 24.2. The minimum Gasteiger partial charge on any atom is -0.456 e. The molecule has 0 aliphatic heterocycles. The molecule has 0 bridgehead atoms. The Kier molecular flexibility index (Phi) is 17.2. The van der Waals surface area contributed by atoms with Gasteiger partial charge in [-0.15, -0.1) is 0 Å².